The second-order valence-corrected chi connectivity index (χ2v) is 7.14. The van der Waals surface area contributed by atoms with Gasteiger partial charge in [-0.05, 0) is 35.7 Å². The number of esters is 1. The molecule has 3 rings (SSSR count). The fourth-order valence-corrected chi connectivity index (χ4v) is 3.42. The van der Waals surface area contributed by atoms with Crippen molar-refractivity contribution in [3.8, 4) is 0 Å². The van der Waals surface area contributed by atoms with E-state index in [9.17, 15) is 9.59 Å². The van der Waals surface area contributed by atoms with Crippen molar-refractivity contribution in [1.29, 1.82) is 0 Å². The number of anilines is 1. The third kappa shape index (κ3) is 5.61. The molecule has 154 valence electrons. The Kier molecular flexibility index (Phi) is 7.46. The van der Waals surface area contributed by atoms with Gasteiger partial charge >= 0.3 is 12.0 Å². The van der Waals surface area contributed by atoms with E-state index in [4.69, 9.17) is 16.3 Å². The van der Waals surface area contributed by atoms with Crippen molar-refractivity contribution in [2.45, 2.75) is 12.3 Å². The molecule has 0 saturated carbocycles. The number of ether oxygens (including phenoxy) is 1. The maximum absolute atomic E-state index is 12.4. The highest BCUT2D eigenvalue weighted by Crippen LogP contribution is 2.27. The van der Waals surface area contributed by atoms with E-state index in [1.54, 1.807) is 12.1 Å². The van der Waals surface area contributed by atoms with Gasteiger partial charge in [0.2, 0.25) is 0 Å². The van der Waals surface area contributed by atoms with Gasteiger partial charge in [-0.2, -0.15) is 0 Å². The quantitative estimate of drug-likeness (QED) is 0.496. The maximum atomic E-state index is 12.4. The van der Waals surface area contributed by atoms with E-state index in [0.29, 0.717) is 22.8 Å². The summed E-state index contributed by atoms with van der Waals surface area (Å²) in [5.41, 5.74) is 3.05. The minimum Gasteiger partial charge on any atom is -0.465 e. The summed E-state index contributed by atoms with van der Waals surface area (Å²) in [7, 11) is 1.30. The number of nitrogens with one attached hydrogen (secondary N) is 2. The van der Waals surface area contributed by atoms with Crippen LogP contribution in [-0.4, -0.2) is 25.7 Å². The number of urea groups is 1. The van der Waals surface area contributed by atoms with Crippen LogP contribution in [-0.2, 0) is 4.74 Å². The molecule has 5 nitrogen and oxygen atoms in total. The highest BCUT2D eigenvalue weighted by atomic mass is 35.5. The third-order valence-electron chi connectivity index (χ3n) is 4.76. The molecule has 0 spiro atoms. The zero-order valence-electron chi connectivity index (χ0n) is 16.6. The molecular formula is C24H23ClN2O3. The molecule has 0 heterocycles. The SMILES string of the molecule is COC(=O)c1ccc(Cl)c(NC(=O)NCCC(c2ccccc2)c2ccccc2)c1. The number of carbonyl (C=O) groups is 2. The van der Waals surface area contributed by atoms with Crippen molar-refractivity contribution >= 4 is 29.3 Å². The van der Waals surface area contributed by atoms with Crippen LogP contribution in [0, 0.1) is 0 Å². The molecule has 0 saturated heterocycles. The van der Waals surface area contributed by atoms with E-state index in [2.05, 4.69) is 34.9 Å². The number of carbonyl (C=O) groups excluding carboxylic acids is 2. The van der Waals surface area contributed by atoms with Gasteiger partial charge in [0.25, 0.3) is 0 Å². The van der Waals surface area contributed by atoms with Gasteiger partial charge in [-0.3, -0.25) is 0 Å². The fraction of sp³-hybridized carbons (Fsp3) is 0.167. The fourth-order valence-electron chi connectivity index (χ4n) is 3.26. The lowest BCUT2D eigenvalue weighted by Gasteiger charge is -2.18. The lowest BCUT2D eigenvalue weighted by atomic mass is 9.88. The molecule has 0 aliphatic rings. The zero-order chi connectivity index (χ0) is 21.3. The van der Waals surface area contributed by atoms with Gasteiger partial charge in [0.1, 0.15) is 0 Å². The smallest absolute Gasteiger partial charge is 0.337 e. The molecular weight excluding hydrogens is 400 g/mol. The molecule has 0 atom stereocenters. The van der Waals surface area contributed by atoms with Gasteiger partial charge in [0.15, 0.2) is 0 Å². The Morgan fingerprint density at radius 2 is 1.53 bits per heavy atom. The van der Waals surface area contributed by atoms with Crippen molar-refractivity contribution in [2.75, 3.05) is 19.0 Å². The van der Waals surface area contributed by atoms with Crippen LogP contribution in [0.1, 0.15) is 33.8 Å². The standard InChI is InChI=1S/C24H23ClN2O3/c1-30-23(28)19-12-13-21(25)22(16-19)27-24(29)26-15-14-20(17-8-4-2-5-9-17)18-10-6-3-7-11-18/h2-13,16,20H,14-15H2,1H3,(H2,26,27,29). The minimum absolute atomic E-state index is 0.166. The normalized spacial score (nSPS) is 10.5. The molecule has 3 aromatic carbocycles. The second kappa shape index (κ2) is 10.5. The first-order valence-electron chi connectivity index (χ1n) is 9.61. The molecule has 2 N–H and O–H groups in total. The summed E-state index contributed by atoms with van der Waals surface area (Å²) in [5.74, 6) is -0.331. The van der Waals surface area contributed by atoms with E-state index < -0.39 is 12.0 Å². The largest absolute Gasteiger partial charge is 0.465 e. The van der Waals surface area contributed by atoms with Gasteiger partial charge < -0.3 is 15.4 Å². The lowest BCUT2D eigenvalue weighted by molar-refractivity contribution is 0.0600. The van der Waals surface area contributed by atoms with Crippen LogP contribution in [0.15, 0.2) is 78.9 Å². The predicted molar refractivity (Wildman–Crippen MR) is 119 cm³/mol. The number of benzene rings is 3. The molecule has 0 aliphatic heterocycles. The summed E-state index contributed by atoms with van der Waals surface area (Å²) in [4.78, 5) is 24.1. The van der Waals surface area contributed by atoms with Crippen molar-refractivity contribution < 1.29 is 14.3 Å². The number of hydrogen-bond acceptors (Lipinski definition) is 3. The summed E-state index contributed by atoms with van der Waals surface area (Å²) >= 11 is 6.14. The summed E-state index contributed by atoms with van der Waals surface area (Å²) in [5, 5.41) is 5.90. The van der Waals surface area contributed by atoms with E-state index >= 15 is 0 Å². The topological polar surface area (TPSA) is 67.4 Å². The van der Waals surface area contributed by atoms with Gasteiger partial charge in [0.05, 0.1) is 23.4 Å². The molecule has 0 radical (unpaired) electrons. The Morgan fingerprint density at radius 1 is 0.933 bits per heavy atom. The minimum atomic E-state index is -0.497. The molecule has 3 aromatic rings. The monoisotopic (exact) mass is 422 g/mol. The van der Waals surface area contributed by atoms with Crippen molar-refractivity contribution in [1.82, 2.24) is 5.32 Å². The molecule has 0 aliphatic carbocycles. The van der Waals surface area contributed by atoms with Gasteiger partial charge in [-0.1, -0.05) is 72.3 Å². The molecule has 2 amide bonds. The van der Waals surface area contributed by atoms with Crippen LogP contribution in [0.5, 0.6) is 0 Å². The Morgan fingerprint density at radius 3 is 2.10 bits per heavy atom. The van der Waals surface area contributed by atoms with Crippen molar-refractivity contribution in [3.63, 3.8) is 0 Å². The number of hydrogen-bond donors (Lipinski definition) is 2. The second-order valence-electron chi connectivity index (χ2n) is 6.73. The predicted octanol–water partition coefficient (Wildman–Crippen LogP) is 5.47. The molecule has 0 bridgehead atoms. The van der Waals surface area contributed by atoms with Gasteiger partial charge in [0, 0.05) is 12.5 Å². The molecule has 30 heavy (non-hydrogen) atoms. The molecule has 0 aromatic heterocycles. The van der Waals surface area contributed by atoms with E-state index in [-0.39, 0.29) is 5.92 Å². The Bertz CT molecular complexity index is 954. The molecule has 6 heteroatoms. The highest BCUT2D eigenvalue weighted by molar-refractivity contribution is 6.33. The van der Waals surface area contributed by atoms with E-state index in [1.165, 1.54) is 24.3 Å². The number of amides is 2. The van der Waals surface area contributed by atoms with Crippen LogP contribution >= 0.6 is 11.6 Å². The van der Waals surface area contributed by atoms with E-state index in [1.807, 2.05) is 36.4 Å². The van der Waals surface area contributed by atoms with Crippen LogP contribution in [0.4, 0.5) is 10.5 Å². The van der Waals surface area contributed by atoms with Crippen molar-refractivity contribution in [3.05, 3.63) is 101 Å². The first-order chi connectivity index (χ1) is 14.6. The number of methoxy groups -OCH3 is 1. The summed E-state index contributed by atoms with van der Waals surface area (Å²) in [6.07, 6.45) is 0.734. The Labute approximate surface area is 181 Å². The maximum Gasteiger partial charge on any atom is 0.337 e. The number of halogens is 1. The first kappa shape index (κ1) is 21.4. The first-order valence-corrected chi connectivity index (χ1v) is 9.99. The van der Waals surface area contributed by atoms with E-state index in [0.717, 1.165) is 6.42 Å². The third-order valence-corrected chi connectivity index (χ3v) is 5.09. The Balaban J connectivity index is 1.63. The summed E-state index contributed by atoms with van der Waals surface area (Å²) < 4.78 is 4.70. The number of rotatable bonds is 7. The summed E-state index contributed by atoms with van der Waals surface area (Å²) in [6, 6.07) is 24.6. The van der Waals surface area contributed by atoms with Crippen LogP contribution in [0.2, 0.25) is 5.02 Å². The van der Waals surface area contributed by atoms with Gasteiger partial charge in [-0.25, -0.2) is 9.59 Å². The van der Waals surface area contributed by atoms with Crippen LogP contribution in [0.25, 0.3) is 0 Å². The Hall–Kier alpha value is -3.31. The average Bonchev–Trinajstić information content (AvgIpc) is 2.79. The molecule has 0 fully saturated rings. The summed E-state index contributed by atoms with van der Waals surface area (Å²) in [6.45, 7) is 0.467. The highest BCUT2D eigenvalue weighted by Gasteiger charge is 2.15. The molecule has 0 unspecified atom stereocenters. The van der Waals surface area contributed by atoms with Crippen molar-refractivity contribution in [2.24, 2.45) is 0 Å². The van der Waals surface area contributed by atoms with Gasteiger partial charge in [-0.15, -0.1) is 0 Å². The average molecular weight is 423 g/mol. The van der Waals surface area contributed by atoms with Crippen LogP contribution in [0.3, 0.4) is 0 Å². The zero-order valence-corrected chi connectivity index (χ0v) is 17.4. The lowest BCUT2D eigenvalue weighted by Crippen LogP contribution is -2.30. The van der Waals surface area contributed by atoms with Crippen LogP contribution < -0.4 is 10.6 Å².